The fourth-order valence-electron chi connectivity index (χ4n) is 2.34. The van der Waals surface area contributed by atoms with Crippen molar-refractivity contribution in [2.24, 2.45) is 0 Å². The lowest BCUT2D eigenvalue weighted by Gasteiger charge is -2.09. The second-order valence-electron chi connectivity index (χ2n) is 6.29. The summed E-state index contributed by atoms with van der Waals surface area (Å²) in [4.78, 5) is 37.2. The molecule has 0 aliphatic heterocycles. The minimum Gasteiger partial charge on any atom is -0.345 e. The minimum absolute atomic E-state index is 0.0695. The fraction of sp³-hybridized carbons (Fsp3) is 0.227. The minimum atomic E-state index is -0.233. The Balaban J connectivity index is 1.76. The first kappa shape index (κ1) is 21.2. The number of carbonyl (C=O) groups excluding carboxylic acids is 3. The van der Waals surface area contributed by atoms with Crippen LogP contribution < -0.4 is 5.32 Å². The molecule has 6 heteroatoms. The van der Waals surface area contributed by atoms with E-state index in [2.05, 4.69) is 17.2 Å². The van der Waals surface area contributed by atoms with Gasteiger partial charge >= 0.3 is 0 Å². The summed E-state index contributed by atoms with van der Waals surface area (Å²) >= 11 is 5.79. The maximum absolute atomic E-state index is 12.0. The lowest BCUT2D eigenvalue weighted by Crippen LogP contribution is -2.24. The summed E-state index contributed by atoms with van der Waals surface area (Å²) in [7, 11) is 3.39. The van der Waals surface area contributed by atoms with E-state index in [-0.39, 0.29) is 37.0 Å². The van der Waals surface area contributed by atoms with Gasteiger partial charge < -0.3 is 10.2 Å². The van der Waals surface area contributed by atoms with Gasteiger partial charge in [0.25, 0.3) is 5.91 Å². The number of halogens is 1. The standard InChI is InChI=1S/C22H21ClN2O3/c1-25(2)22(28)18-7-5-16(6-8-18)4-3-15-24-21(27)14-13-20(26)17-9-11-19(23)12-10-17/h5-12H,13-15H2,1-2H3,(H,24,27). The summed E-state index contributed by atoms with van der Waals surface area (Å²) in [5.74, 6) is 5.37. The lowest BCUT2D eigenvalue weighted by atomic mass is 10.1. The summed E-state index contributed by atoms with van der Waals surface area (Å²) in [6.07, 6.45) is 0.229. The Labute approximate surface area is 169 Å². The van der Waals surface area contributed by atoms with E-state index in [0.717, 1.165) is 5.56 Å². The van der Waals surface area contributed by atoms with Gasteiger partial charge in [-0.3, -0.25) is 14.4 Å². The molecule has 0 fully saturated rings. The van der Waals surface area contributed by atoms with Crippen molar-refractivity contribution in [3.63, 3.8) is 0 Å². The van der Waals surface area contributed by atoms with E-state index in [9.17, 15) is 14.4 Å². The van der Waals surface area contributed by atoms with Crippen LogP contribution in [0, 0.1) is 11.8 Å². The third-order valence-electron chi connectivity index (χ3n) is 3.89. The Kier molecular flexibility index (Phi) is 7.79. The van der Waals surface area contributed by atoms with Crippen molar-refractivity contribution in [3.05, 3.63) is 70.2 Å². The lowest BCUT2D eigenvalue weighted by molar-refractivity contribution is -0.120. The molecule has 144 valence electrons. The summed E-state index contributed by atoms with van der Waals surface area (Å²) in [6.45, 7) is 0.187. The number of carbonyl (C=O) groups is 3. The topological polar surface area (TPSA) is 66.5 Å². The van der Waals surface area contributed by atoms with Gasteiger partial charge in [0, 0.05) is 48.6 Å². The van der Waals surface area contributed by atoms with Gasteiger partial charge in [-0.2, -0.15) is 0 Å². The molecule has 0 saturated carbocycles. The maximum atomic E-state index is 12.0. The highest BCUT2D eigenvalue weighted by Gasteiger charge is 2.09. The number of nitrogens with zero attached hydrogens (tertiary/aromatic N) is 1. The van der Waals surface area contributed by atoms with Crippen LogP contribution in [0.3, 0.4) is 0 Å². The van der Waals surface area contributed by atoms with Crippen molar-refractivity contribution in [3.8, 4) is 11.8 Å². The van der Waals surface area contributed by atoms with Crippen molar-refractivity contribution in [1.82, 2.24) is 10.2 Å². The summed E-state index contributed by atoms with van der Waals surface area (Å²) in [5.41, 5.74) is 1.88. The predicted molar refractivity (Wildman–Crippen MR) is 109 cm³/mol. The van der Waals surface area contributed by atoms with Crippen LogP contribution in [-0.2, 0) is 4.79 Å². The number of amides is 2. The number of nitrogens with one attached hydrogen (secondary N) is 1. The highest BCUT2D eigenvalue weighted by Crippen LogP contribution is 2.11. The molecule has 0 heterocycles. The predicted octanol–water partition coefficient (Wildman–Crippen LogP) is 3.17. The average molecular weight is 397 g/mol. The van der Waals surface area contributed by atoms with Crippen LogP contribution in [0.25, 0.3) is 0 Å². The molecule has 0 aliphatic rings. The van der Waals surface area contributed by atoms with Gasteiger partial charge in [-0.1, -0.05) is 23.4 Å². The first-order valence-corrected chi connectivity index (χ1v) is 9.10. The van der Waals surface area contributed by atoms with Crippen LogP contribution in [-0.4, -0.2) is 43.1 Å². The highest BCUT2D eigenvalue weighted by molar-refractivity contribution is 6.30. The van der Waals surface area contributed by atoms with Crippen molar-refractivity contribution in [2.75, 3.05) is 20.6 Å². The van der Waals surface area contributed by atoms with Gasteiger partial charge in [-0.15, -0.1) is 0 Å². The maximum Gasteiger partial charge on any atom is 0.253 e. The molecule has 0 aliphatic carbocycles. The molecule has 28 heavy (non-hydrogen) atoms. The molecule has 0 bridgehead atoms. The molecule has 0 atom stereocenters. The zero-order valence-corrected chi connectivity index (χ0v) is 16.5. The number of benzene rings is 2. The van der Waals surface area contributed by atoms with E-state index < -0.39 is 0 Å². The molecule has 2 aromatic rings. The van der Waals surface area contributed by atoms with Crippen LogP contribution in [0.5, 0.6) is 0 Å². The van der Waals surface area contributed by atoms with Crippen LogP contribution in [0.2, 0.25) is 5.02 Å². The largest absolute Gasteiger partial charge is 0.345 e. The summed E-state index contributed by atoms with van der Waals surface area (Å²) in [6, 6.07) is 13.5. The Hall–Kier alpha value is -3.10. The van der Waals surface area contributed by atoms with Crippen molar-refractivity contribution < 1.29 is 14.4 Å². The number of ketones is 1. The van der Waals surface area contributed by atoms with Crippen LogP contribution in [0.15, 0.2) is 48.5 Å². The Morgan fingerprint density at radius 1 is 0.929 bits per heavy atom. The molecule has 2 rings (SSSR count). The highest BCUT2D eigenvalue weighted by atomic mass is 35.5. The number of rotatable bonds is 6. The first-order valence-electron chi connectivity index (χ1n) is 8.73. The number of Topliss-reactive ketones (excluding diaryl/α,β-unsaturated/α-hetero) is 1. The number of hydrogen-bond donors (Lipinski definition) is 1. The average Bonchev–Trinajstić information content (AvgIpc) is 2.69. The zero-order chi connectivity index (χ0) is 20.5. The van der Waals surface area contributed by atoms with Crippen LogP contribution >= 0.6 is 11.6 Å². The normalized spacial score (nSPS) is 9.82. The molecule has 0 saturated heterocycles. The van der Waals surface area contributed by atoms with E-state index in [1.807, 2.05) is 0 Å². The van der Waals surface area contributed by atoms with Gasteiger partial charge in [0.2, 0.25) is 5.91 Å². The van der Waals surface area contributed by atoms with E-state index in [1.54, 1.807) is 62.6 Å². The Bertz CT molecular complexity index is 908. The smallest absolute Gasteiger partial charge is 0.253 e. The molecule has 0 unspecified atom stereocenters. The molecule has 0 spiro atoms. The van der Waals surface area contributed by atoms with E-state index in [4.69, 9.17) is 11.6 Å². The molecule has 2 amide bonds. The van der Waals surface area contributed by atoms with Crippen molar-refractivity contribution in [2.45, 2.75) is 12.8 Å². The summed E-state index contributed by atoms with van der Waals surface area (Å²) < 4.78 is 0. The molecular weight excluding hydrogens is 376 g/mol. The second-order valence-corrected chi connectivity index (χ2v) is 6.72. The first-order chi connectivity index (χ1) is 13.4. The molecule has 2 aromatic carbocycles. The van der Waals surface area contributed by atoms with E-state index in [0.29, 0.717) is 16.1 Å². The zero-order valence-electron chi connectivity index (χ0n) is 15.8. The van der Waals surface area contributed by atoms with Gasteiger partial charge in [-0.25, -0.2) is 0 Å². The second kappa shape index (κ2) is 10.3. The molecule has 5 nitrogen and oxygen atoms in total. The van der Waals surface area contributed by atoms with Crippen LogP contribution in [0.1, 0.15) is 39.1 Å². The quantitative estimate of drug-likeness (QED) is 0.602. The molecule has 0 radical (unpaired) electrons. The van der Waals surface area contributed by atoms with Gasteiger partial charge in [0.15, 0.2) is 5.78 Å². The third kappa shape index (κ3) is 6.57. The monoisotopic (exact) mass is 396 g/mol. The van der Waals surface area contributed by atoms with Gasteiger partial charge in [-0.05, 0) is 48.5 Å². The van der Waals surface area contributed by atoms with Gasteiger partial charge in [0.05, 0.1) is 6.54 Å². The molecule has 1 N–H and O–H groups in total. The fourth-order valence-corrected chi connectivity index (χ4v) is 2.46. The van der Waals surface area contributed by atoms with E-state index in [1.165, 1.54) is 4.90 Å². The van der Waals surface area contributed by atoms with Crippen LogP contribution in [0.4, 0.5) is 0 Å². The third-order valence-corrected chi connectivity index (χ3v) is 4.14. The Morgan fingerprint density at radius 3 is 2.14 bits per heavy atom. The SMILES string of the molecule is CN(C)C(=O)c1ccc(C#CCNC(=O)CCC(=O)c2ccc(Cl)cc2)cc1. The number of hydrogen-bond acceptors (Lipinski definition) is 3. The molecular formula is C22H21ClN2O3. The molecule has 0 aromatic heterocycles. The Morgan fingerprint density at radius 2 is 1.54 bits per heavy atom. The summed E-state index contributed by atoms with van der Waals surface area (Å²) in [5, 5.41) is 3.23. The van der Waals surface area contributed by atoms with Crippen molar-refractivity contribution in [1.29, 1.82) is 0 Å². The van der Waals surface area contributed by atoms with E-state index >= 15 is 0 Å². The van der Waals surface area contributed by atoms with Crippen molar-refractivity contribution >= 4 is 29.2 Å². The van der Waals surface area contributed by atoms with Gasteiger partial charge in [0.1, 0.15) is 0 Å².